The van der Waals surface area contributed by atoms with Crippen LogP contribution in [0.4, 0.5) is 24.5 Å². The first kappa shape index (κ1) is 14.7. The van der Waals surface area contributed by atoms with Gasteiger partial charge >= 0.3 is 6.18 Å². The summed E-state index contributed by atoms with van der Waals surface area (Å²) in [5.41, 5.74) is 5.36. The molecular weight excluding hydrogens is 337 g/mol. The molecule has 0 aliphatic heterocycles. The van der Waals surface area contributed by atoms with E-state index in [1.165, 1.54) is 18.3 Å². The molecule has 0 aliphatic rings. The Morgan fingerprint density at radius 1 is 1.35 bits per heavy atom. The number of rotatable bonds is 4. The van der Waals surface area contributed by atoms with E-state index in [1.807, 2.05) is 0 Å². The fraction of sp³-hybridized carbons (Fsp3) is 0.250. The van der Waals surface area contributed by atoms with E-state index < -0.39 is 11.7 Å². The minimum absolute atomic E-state index is 0.0343. The van der Waals surface area contributed by atoms with E-state index in [2.05, 4.69) is 26.3 Å². The maximum Gasteiger partial charge on any atom is 0.418 e. The number of nitrogen functional groups attached to an aromatic ring is 1. The Kier molecular flexibility index (Phi) is 4.22. The number of hydrogen-bond donors (Lipinski definition) is 2. The Morgan fingerprint density at radius 2 is 2.10 bits per heavy atom. The predicted octanol–water partition coefficient (Wildman–Crippen LogP) is 3.36. The fourth-order valence-electron chi connectivity index (χ4n) is 1.72. The standard InChI is InChI=1S/C12H12BrF3N4/c13-8-1-2-10(12(14,15)16)11(5-8)18-3-4-20-7-9(17)6-19-20/h1-2,5-7,18H,3-4,17H2. The highest BCUT2D eigenvalue weighted by atomic mass is 79.9. The maximum absolute atomic E-state index is 12.8. The van der Waals surface area contributed by atoms with Crippen molar-refractivity contribution in [2.75, 3.05) is 17.6 Å². The first-order valence-electron chi connectivity index (χ1n) is 5.75. The van der Waals surface area contributed by atoms with E-state index in [-0.39, 0.29) is 5.69 Å². The van der Waals surface area contributed by atoms with Crippen LogP contribution in [-0.4, -0.2) is 16.3 Å². The molecule has 1 aromatic heterocycles. The molecule has 0 atom stereocenters. The molecule has 108 valence electrons. The lowest BCUT2D eigenvalue weighted by Gasteiger charge is -2.15. The summed E-state index contributed by atoms with van der Waals surface area (Å²) in [4.78, 5) is 0. The van der Waals surface area contributed by atoms with Gasteiger partial charge in [0.05, 0.1) is 24.0 Å². The number of hydrogen-bond acceptors (Lipinski definition) is 3. The van der Waals surface area contributed by atoms with E-state index in [1.54, 1.807) is 10.9 Å². The number of nitrogens with zero attached hydrogens (tertiary/aromatic N) is 2. The molecule has 0 unspecified atom stereocenters. The molecule has 0 spiro atoms. The van der Waals surface area contributed by atoms with Gasteiger partial charge in [-0.05, 0) is 18.2 Å². The van der Waals surface area contributed by atoms with Crippen LogP contribution in [0.2, 0.25) is 0 Å². The van der Waals surface area contributed by atoms with Crippen molar-refractivity contribution in [1.29, 1.82) is 0 Å². The van der Waals surface area contributed by atoms with Crippen LogP contribution in [-0.2, 0) is 12.7 Å². The van der Waals surface area contributed by atoms with Crippen molar-refractivity contribution in [3.63, 3.8) is 0 Å². The number of aromatic nitrogens is 2. The van der Waals surface area contributed by atoms with E-state index in [9.17, 15) is 13.2 Å². The van der Waals surface area contributed by atoms with Crippen molar-refractivity contribution in [1.82, 2.24) is 9.78 Å². The van der Waals surface area contributed by atoms with Gasteiger partial charge < -0.3 is 11.1 Å². The smallest absolute Gasteiger partial charge is 0.396 e. The molecule has 1 aromatic carbocycles. The van der Waals surface area contributed by atoms with Crippen LogP contribution in [0.1, 0.15) is 5.56 Å². The molecule has 4 nitrogen and oxygen atoms in total. The third kappa shape index (κ3) is 3.66. The average Bonchev–Trinajstić information content (AvgIpc) is 2.73. The van der Waals surface area contributed by atoms with Crippen molar-refractivity contribution in [2.24, 2.45) is 0 Å². The van der Waals surface area contributed by atoms with Gasteiger partial charge in [-0.2, -0.15) is 18.3 Å². The topological polar surface area (TPSA) is 55.9 Å². The van der Waals surface area contributed by atoms with Crippen LogP contribution in [0.3, 0.4) is 0 Å². The summed E-state index contributed by atoms with van der Waals surface area (Å²) < 4.78 is 40.7. The molecule has 8 heteroatoms. The summed E-state index contributed by atoms with van der Waals surface area (Å²) in [5.74, 6) is 0. The lowest BCUT2D eigenvalue weighted by molar-refractivity contribution is -0.137. The lowest BCUT2D eigenvalue weighted by Crippen LogP contribution is -2.15. The summed E-state index contributed by atoms with van der Waals surface area (Å²) in [7, 11) is 0. The number of halogens is 4. The molecule has 0 saturated heterocycles. The van der Waals surface area contributed by atoms with E-state index >= 15 is 0 Å². The van der Waals surface area contributed by atoms with Crippen molar-refractivity contribution < 1.29 is 13.2 Å². The number of anilines is 2. The summed E-state index contributed by atoms with van der Waals surface area (Å²) in [5, 5.41) is 6.72. The molecule has 1 heterocycles. The maximum atomic E-state index is 12.8. The highest BCUT2D eigenvalue weighted by Gasteiger charge is 2.33. The minimum Gasteiger partial charge on any atom is -0.396 e. The Bertz CT molecular complexity index is 595. The summed E-state index contributed by atoms with van der Waals surface area (Å²) >= 11 is 3.16. The van der Waals surface area contributed by atoms with Gasteiger partial charge in [0, 0.05) is 22.9 Å². The molecule has 2 aromatic rings. The fourth-order valence-corrected chi connectivity index (χ4v) is 2.08. The van der Waals surface area contributed by atoms with Crippen molar-refractivity contribution in [3.05, 3.63) is 40.6 Å². The zero-order chi connectivity index (χ0) is 14.8. The van der Waals surface area contributed by atoms with E-state index in [0.717, 1.165) is 6.07 Å². The van der Waals surface area contributed by atoms with Crippen molar-refractivity contribution >= 4 is 27.3 Å². The average molecular weight is 349 g/mol. The highest BCUT2D eigenvalue weighted by Crippen LogP contribution is 2.36. The second-order valence-electron chi connectivity index (χ2n) is 4.15. The summed E-state index contributed by atoms with van der Waals surface area (Å²) in [6, 6.07) is 3.81. The van der Waals surface area contributed by atoms with Gasteiger partial charge in [0.2, 0.25) is 0 Å². The van der Waals surface area contributed by atoms with E-state index in [0.29, 0.717) is 23.2 Å². The summed E-state index contributed by atoms with van der Waals surface area (Å²) in [6.07, 6.45) is -1.29. The van der Waals surface area contributed by atoms with Crippen LogP contribution in [0.25, 0.3) is 0 Å². The molecule has 2 rings (SSSR count). The number of alkyl halides is 3. The zero-order valence-electron chi connectivity index (χ0n) is 10.3. The zero-order valence-corrected chi connectivity index (χ0v) is 11.9. The molecule has 0 radical (unpaired) electrons. The normalized spacial score (nSPS) is 11.6. The van der Waals surface area contributed by atoms with Gasteiger partial charge in [0.25, 0.3) is 0 Å². The van der Waals surface area contributed by atoms with Crippen LogP contribution in [0.5, 0.6) is 0 Å². The SMILES string of the molecule is Nc1cnn(CCNc2cc(Br)ccc2C(F)(F)F)c1. The highest BCUT2D eigenvalue weighted by molar-refractivity contribution is 9.10. The number of benzene rings is 1. The molecule has 0 amide bonds. The Morgan fingerprint density at radius 3 is 2.70 bits per heavy atom. The van der Waals surface area contributed by atoms with Gasteiger partial charge in [-0.1, -0.05) is 15.9 Å². The van der Waals surface area contributed by atoms with Gasteiger partial charge in [0.15, 0.2) is 0 Å². The van der Waals surface area contributed by atoms with Crippen LogP contribution < -0.4 is 11.1 Å². The van der Waals surface area contributed by atoms with Gasteiger partial charge in [-0.25, -0.2) is 0 Å². The lowest BCUT2D eigenvalue weighted by atomic mass is 10.1. The van der Waals surface area contributed by atoms with Crippen LogP contribution in [0.15, 0.2) is 35.1 Å². The molecule has 0 aliphatic carbocycles. The van der Waals surface area contributed by atoms with Crippen molar-refractivity contribution in [2.45, 2.75) is 12.7 Å². The van der Waals surface area contributed by atoms with Crippen LogP contribution in [0, 0.1) is 0 Å². The van der Waals surface area contributed by atoms with Crippen molar-refractivity contribution in [3.8, 4) is 0 Å². The largest absolute Gasteiger partial charge is 0.418 e. The van der Waals surface area contributed by atoms with E-state index in [4.69, 9.17) is 5.73 Å². The third-order valence-corrected chi connectivity index (χ3v) is 3.09. The second-order valence-corrected chi connectivity index (χ2v) is 5.07. The summed E-state index contributed by atoms with van der Waals surface area (Å²) in [6.45, 7) is 0.724. The first-order chi connectivity index (χ1) is 9.36. The van der Waals surface area contributed by atoms with Gasteiger partial charge in [-0.3, -0.25) is 4.68 Å². The molecule has 3 N–H and O–H groups in total. The monoisotopic (exact) mass is 348 g/mol. The Labute approximate surface area is 121 Å². The Balaban J connectivity index is 2.06. The minimum atomic E-state index is -4.39. The molecular formula is C12H12BrF3N4. The molecule has 0 saturated carbocycles. The molecule has 20 heavy (non-hydrogen) atoms. The quantitative estimate of drug-likeness (QED) is 0.890. The third-order valence-electron chi connectivity index (χ3n) is 2.60. The first-order valence-corrected chi connectivity index (χ1v) is 6.54. The predicted molar refractivity (Wildman–Crippen MR) is 74.3 cm³/mol. The second kappa shape index (κ2) is 5.74. The molecule has 0 bridgehead atoms. The Hall–Kier alpha value is -1.70. The number of nitrogens with two attached hydrogens (primary N) is 1. The van der Waals surface area contributed by atoms with Crippen LogP contribution >= 0.6 is 15.9 Å². The van der Waals surface area contributed by atoms with Gasteiger partial charge in [-0.15, -0.1) is 0 Å². The molecule has 0 fully saturated rings. The van der Waals surface area contributed by atoms with Gasteiger partial charge in [0.1, 0.15) is 0 Å². The number of nitrogens with one attached hydrogen (secondary N) is 1.